The molecule has 0 aliphatic carbocycles. The van der Waals surface area contributed by atoms with Crippen LogP contribution in [0.25, 0.3) is 10.6 Å². The molecule has 6 nitrogen and oxygen atoms in total. The molecule has 1 amide bonds. The first kappa shape index (κ1) is 23.6. The molecule has 0 bridgehead atoms. The molecule has 0 spiro atoms. The molecule has 1 fully saturated rings. The van der Waals surface area contributed by atoms with Gasteiger partial charge in [-0.05, 0) is 29.8 Å². The van der Waals surface area contributed by atoms with Crippen molar-refractivity contribution < 1.29 is 18.7 Å². The number of piperazine rings is 1. The van der Waals surface area contributed by atoms with E-state index in [2.05, 4.69) is 9.88 Å². The van der Waals surface area contributed by atoms with Gasteiger partial charge in [0.25, 0.3) is 5.91 Å². The van der Waals surface area contributed by atoms with Gasteiger partial charge in [-0.3, -0.25) is 9.69 Å². The van der Waals surface area contributed by atoms with E-state index < -0.39 is 5.82 Å². The first-order valence-electron chi connectivity index (χ1n) is 10.7. The minimum absolute atomic E-state index is 0.118. The van der Waals surface area contributed by atoms with E-state index in [0.29, 0.717) is 53.3 Å². The molecule has 0 unspecified atom stereocenters. The highest BCUT2D eigenvalue weighted by Crippen LogP contribution is 2.29. The molecular formula is C24H25ClFN3O3S. The molecule has 2 aromatic carbocycles. The van der Waals surface area contributed by atoms with Gasteiger partial charge in [-0.2, -0.15) is 0 Å². The summed E-state index contributed by atoms with van der Waals surface area (Å²) in [7, 11) is 1.68. The first-order valence-corrected chi connectivity index (χ1v) is 11.9. The molecule has 0 N–H and O–H groups in total. The van der Waals surface area contributed by atoms with Crippen LogP contribution < -0.4 is 4.74 Å². The van der Waals surface area contributed by atoms with Crippen molar-refractivity contribution in [3.05, 3.63) is 69.9 Å². The third-order valence-electron chi connectivity index (χ3n) is 5.48. The molecule has 9 heteroatoms. The van der Waals surface area contributed by atoms with Crippen molar-refractivity contribution in [2.24, 2.45) is 0 Å². The third-order valence-corrected chi connectivity index (χ3v) is 6.61. The number of rotatable bonds is 8. The number of hydrogen-bond acceptors (Lipinski definition) is 6. The number of thiazole rings is 1. The van der Waals surface area contributed by atoms with E-state index in [9.17, 15) is 9.18 Å². The predicted octanol–water partition coefficient (Wildman–Crippen LogP) is 4.59. The topological polar surface area (TPSA) is 54.9 Å². The zero-order valence-corrected chi connectivity index (χ0v) is 19.9. The molecule has 0 radical (unpaired) electrons. The van der Waals surface area contributed by atoms with Crippen LogP contribution in [0.3, 0.4) is 0 Å². The molecule has 0 saturated carbocycles. The van der Waals surface area contributed by atoms with Gasteiger partial charge in [0.2, 0.25) is 0 Å². The van der Waals surface area contributed by atoms with Crippen LogP contribution in [0.5, 0.6) is 5.75 Å². The number of ether oxygens (including phenoxy) is 2. The highest BCUT2D eigenvalue weighted by Gasteiger charge is 2.24. The van der Waals surface area contributed by atoms with Crippen LogP contribution in [0, 0.1) is 5.82 Å². The number of hydrogen-bond donors (Lipinski definition) is 0. The van der Waals surface area contributed by atoms with E-state index in [1.165, 1.54) is 17.4 Å². The Balaban J connectivity index is 1.36. The third kappa shape index (κ3) is 6.09. The summed E-state index contributed by atoms with van der Waals surface area (Å²) in [5.41, 5.74) is 1.64. The Labute approximate surface area is 201 Å². The van der Waals surface area contributed by atoms with Gasteiger partial charge in [0.1, 0.15) is 28.9 Å². The van der Waals surface area contributed by atoms with Crippen molar-refractivity contribution in [2.75, 3.05) is 46.4 Å². The Morgan fingerprint density at radius 1 is 1.15 bits per heavy atom. The Morgan fingerprint density at radius 3 is 2.61 bits per heavy atom. The number of carbonyl (C=O) groups excluding carboxylic acids is 1. The van der Waals surface area contributed by atoms with Crippen molar-refractivity contribution >= 4 is 28.8 Å². The number of halogens is 2. The van der Waals surface area contributed by atoms with E-state index in [0.717, 1.165) is 25.2 Å². The zero-order chi connectivity index (χ0) is 23.2. The van der Waals surface area contributed by atoms with Gasteiger partial charge >= 0.3 is 0 Å². The van der Waals surface area contributed by atoms with E-state index in [4.69, 9.17) is 21.1 Å². The number of aromatic nitrogens is 1. The van der Waals surface area contributed by atoms with Crippen molar-refractivity contribution in [3.8, 4) is 16.3 Å². The molecule has 1 aromatic heterocycles. The minimum atomic E-state index is -0.441. The summed E-state index contributed by atoms with van der Waals surface area (Å²) in [4.78, 5) is 21.3. The lowest BCUT2D eigenvalue weighted by Gasteiger charge is -2.34. The fourth-order valence-electron chi connectivity index (χ4n) is 3.56. The smallest absolute Gasteiger partial charge is 0.273 e. The standard InChI is InChI=1S/C24H25ClFN3O3S/c1-31-13-12-28-8-10-29(11-9-28)24(30)22-16-33-23(27-22)20-7-6-19(14-21(20)26)32-15-17-2-4-18(25)5-3-17/h2-7,14,16H,8-13,15H2,1H3. The fraction of sp³-hybridized carbons (Fsp3) is 0.333. The lowest BCUT2D eigenvalue weighted by Crippen LogP contribution is -2.49. The van der Waals surface area contributed by atoms with E-state index in [-0.39, 0.29) is 5.91 Å². The maximum atomic E-state index is 14.8. The summed E-state index contributed by atoms with van der Waals surface area (Å²) < 4.78 is 25.6. The fourth-order valence-corrected chi connectivity index (χ4v) is 4.51. The quantitative estimate of drug-likeness (QED) is 0.463. The van der Waals surface area contributed by atoms with Crippen LogP contribution in [0.2, 0.25) is 5.02 Å². The maximum Gasteiger partial charge on any atom is 0.273 e. The Kier molecular flexibility index (Phi) is 7.93. The van der Waals surface area contributed by atoms with Gasteiger partial charge in [-0.15, -0.1) is 11.3 Å². The molecule has 174 valence electrons. The molecule has 2 heterocycles. The van der Waals surface area contributed by atoms with E-state index in [1.54, 1.807) is 41.7 Å². The molecular weight excluding hydrogens is 465 g/mol. The number of methoxy groups -OCH3 is 1. The van der Waals surface area contributed by atoms with Crippen LogP contribution >= 0.6 is 22.9 Å². The monoisotopic (exact) mass is 489 g/mol. The lowest BCUT2D eigenvalue weighted by molar-refractivity contribution is 0.0589. The average Bonchev–Trinajstić information content (AvgIpc) is 3.32. The first-order chi connectivity index (χ1) is 16.0. The van der Waals surface area contributed by atoms with Crippen molar-refractivity contribution in [3.63, 3.8) is 0 Å². The van der Waals surface area contributed by atoms with E-state index in [1.807, 2.05) is 12.1 Å². The molecule has 4 rings (SSSR count). The second-order valence-corrected chi connectivity index (χ2v) is 9.02. The Bertz CT molecular complexity index is 1080. The van der Waals surface area contributed by atoms with Gasteiger partial charge in [0, 0.05) is 61.9 Å². The van der Waals surface area contributed by atoms with Gasteiger partial charge in [-0.25, -0.2) is 9.37 Å². The van der Waals surface area contributed by atoms with Crippen molar-refractivity contribution in [2.45, 2.75) is 6.61 Å². The largest absolute Gasteiger partial charge is 0.489 e. The molecule has 3 aromatic rings. The van der Waals surface area contributed by atoms with Crippen LogP contribution in [-0.4, -0.2) is 67.1 Å². The molecule has 33 heavy (non-hydrogen) atoms. The Morgan fingerprint density at radius 2 is 1.91 bits per heavy atom. The highest BCUT2D eigenvalue weighted by molar-refractivity contribution is 7.13. The van der Waals surface area contributed by atoms with Crippen LogP contribution in [0.15, 0.2) is 47.8 Å². The van der Waals surface area contributed by atoms with Gasteiger partial charge in [-0.1, -0.05) is 23.7 Å². The summed E-state index contributed by atoms with van der Waals surface area (Å²) in [6.45, 7) is 4.74. The highest BCUT2D eigenvalue weighted by atomic mass is 35.5. The minimum Gasteiger partial charge on any atom is -0.489 e. The molecule has 1 aliphatic heterocycles. The average molecular weight is 490 g/mol. The van der Waals surface area contributed by atoms with Gasteiger partial charge < -0.3 is 14.4 Å². The van der Waals surface area contributed by atoms with Crippen LogP contribution in [-0.2, 0) is 11.3 Å². The summed E-state index contributed by atoms with van der Waals surface area (Å²) >= 11 is 7.15. The van der Waals surface area contributed by atoms with Gasteiger partial charge in [0.15, 0.2) is 0 Å². The summed E-state index contributed by atoms with van der Waals surface area (Å²) in [5, 5.41) is 2.82. The lowest BCUT2D eigenvalue weighted by atomic mass is 10.2. The molecule has 1 saturated heterocycles. The second-order valence-electron chi connectivity index (χ2n) is 7.72. The van der Waals surface area contributed by atoms with Gasteiger partial charge in [0.05, 0.1) is 6.61 Å². The molecule has 1 aliphatic rings. The Hall–Kier alpha value is -2.52. The summed E-state index contributed by atoms with van der Waals surface area (Å²) in [6, 6.07) is 12.0. The maximum absolute atomic E-state index is 14.8. The molecule has 0 atom stereocenters. The normalized spacial score (nSPS) is 14.5. The SMILES string of the molecule is COCCN1CCN(C(=O)c2csc(-c3ccc(OCc4ccc(Cl)cc4)cc3F)n2)CC1. The van der Waals surface area contributed by atoms with E-state index >= 15 is 0 Å². The number of amides is 1. The van der Waals surface area contributed by atoms with Crippen LogP contribution in [0.4, 0.5) is 4.39 Å². The number of benzene rings is 2. The second kappa shape index (κ2) is 11.1. The van der Waals surface area contributed by atoms with Crippen molar-refractivity contribution in [1.82, 2.24) is 14.8 Å². The summed E-state index contributed by atoms with van der Waals surface area (Å²) in [6.07, 6.45) is 0. The number of nitrogens with zero attached hydrogens (tertiary/aromatic N) is 3. The van der Waals surface area contributed by atoms with Crippen molar-refractivity contribution in [1.29, 1.82) is 0 Å². The predicted molar refractivity (Wildman–Crippen MR) is 128 cm³/mol. The zero-order valence-electron chi connectivity index (χ0n) is 18.3. The van der Waals surface area contributed by atoms with Crippen LogP contribution in [0.1, 0.15) is 16.1 Å². The summed E-state index contributed by atoms with van der Waals surface area (Å²) in [5.74, 6) is -0.138. The number of carbonyl (C=O) groups is 1.